The van der Waals surface area contributed by atoms with Crippen LogP contribution in [0.15, 0.2) is 0 Å². The Bertz CT molecular complexity index is 178. The largest absolute Gasteiger partial charge is 0.395 e. The van der Waals surface area contributed by atoms with E-state index in [9.17, 15) is 4.79 Å². The number of urea groups is 1. The average molecular weight is 186 g/mol. The Morgan fingerprint density at radius 3 is 2.62 bits per heavy atom. The Morgan fingerprint density at radius 2 is 2.23 bits per heavy atom. The number of amides is 2. The minimum Gasteiger partial charge on any atom is -0.395 e. The lowest BCUT2D eigenvalue weighted by Gasteiger charge is -2.26. The van der Waals surface area contributed by atoms with Gasteiger partial charge in [0.15, 0.2) is 0 Å². The summed E-state index contributed by atoms with van der Waals surface area (Å²) in [5.41, 5.74) is 0. The van der Waals surface area contributed by atoms with Crippen molar-refractivity contribution in [3.8, 4) is 0 Å². The summed E-state index contributed by atoms with van der Waals surface area (Å²) in [6.07, 6.45) is 2.19. The van der Waals surface area contributed by atoms with Crippen molar-refractivity contribution < 1.29 is 9.90 Å². The van der Waals surface area contributed by atoms with E-state index in [-0.39, 0.29) is 18.7 Å². The highest BCUT2D eigenvalue weighted by Gasteiger charge is 2.26. The van der Waals surface area contributed by atoms with E-state index in [4.69, 9.17) is 5.11 Å². The highest BCUT2D eigenvalue weighted by Crippen LogP contribution is 2.19. The predicted molar refractivity (Wildman–Crippen MR) is 50.5 cm³/mol. The highest BCUT2D eigenvalue weighted by atomic mass is 16.3. The lowest BCUT2D eigenvalue weighted by molar-refractivity contribution is 0.160. The van der Waals surface area contributed by atoms with Gasteiger partial charge in [0.1, 0.15) is 0 Å². The first kappa shape index (κ1) is 10.3. The van der Waals surface area contributed by atoms with Gasteiger partial charge in [0.25, 0.3) is 0 Å². The Kier molecular flexibility index (Phi) is 3.54. The quantitative estimate of drug-likeness (QED) is 0.674. The number of carbonyl (C=O) groups is 1. The molecule has 1 fully saturated rings. The van der Waals surface area contributed by atoms with Crippen LogP contribution in [0.4, 0.5) is 4.79 Å². The lowest BCUT2D eigenvalue weighted by atomic mass is 10.3. The molecule has 0 saturated heterocycles. The van der Waals surface area contributed by atoms with E-state index in [1.807, 2.05) is 13.8 Å². The van der Waals surface area contributed by atoms with E-state index >= 15 is 0 Å². The molecular weight excluding hydrogens is 168 g/mol. The molecule has 0 aromatic carbocycles. The third kappa shape index (κ3) is 3.22. The predicted octanol–water partition coefficient (Wildman–Crippen LogP) is 0.561. The Morgan fingerprint density at radius 1 is 1.62 bits per heavy atom. The number of aliphatic hydroxyl groups excluding tert-OH is 1. The molecule has 0 atom stereocenters. The first-order chi connectivity index (χ1) is 6.15. The van der Waals surface area contributed by atoms with Gasteiger partial charge in [-0.05, 0) is 26.7 Å². The van der Waals surface area contributed by atoms with Crippen LogP contribution in [0, 0.1) is 0 Å². The molecule has 0 spiro atoms. The van der Waals surface area contributed by atoms with Crippen LogP contribution in [-0.2, 0) is 0 Å². The molecule has 13 heavy (non-hydrogen) atoms. The van der Waals surface area contributed by atoms with Gasteiger partial charge in [-0.15, -0.1) is 0 Å². The van der Waals surface area contributed by atoms with E-state index < -0.39 is 0 Å². The monoisotopic (exact) mass is 186 g/mol. The molecule has 0 aliphatic heterocycles. The second-order valence-corrected chi connectivity index (χ2v) is 3.73. The van der Waals surface area contributed by atoms with Crippen molar-refractivity contribution in [2.45, 2.75) is 38.8 Å². The third-order valence-electron chi connectivity index (χ3n) is 2.13. The third-order valence-corrected chi connectivity index (χ3v) is 2.13. The van der Waals surface area contributed by atoms with Crippen LogP contribution >= 0.6 is 0 Å². The smallest absolute Gasteiger partial charge is 0.317 e. The minimum absolute atomic E-state index is 0.0241. The second-order valence-electron chi connectivity index (χ2n) is 3.73. The van der Waals surface area contributed by atoms with E-state index in [0.717, 1.165) is 12.8 Å². The van der Waals surface area contributed by atoms with Crippen LogP contribution < -0.4 is 5.32 Å². The van der Waals surface area contributed by atoms with Gasteiger partial charge in [-0.2, -0.15) is 0 Å². The SMILES string of the molecule is CC(C)N(CCO)C(=O)NC1CC1. The molecule has 0 heterocycles. The number of carbonyl (C=O) groups excluding carboxylic acids is 1. The summed E-state index contributed by atoms with van der Waals surface area (Å²) in [5.74, 6) is 0. The van der Waals surface area contributed by atoms with Crippen molar-refractivity contribution in [3.05, 3.63) is 0 Å². The summed E-state index contributed by atoms with van der Waals surface area (Å²) in [6, 6.07) is 0.477. The van der Waals surface area contributed by atoms with Gasteiger partial charge in [0.05, 0.1) is 6.61 Å². The van der Waals surface area contributed by atoms with E-state index in [0.29, 0.717) is 12.6 Å². The molecular formula is C9H18N2O2. The summed E-state index contributed by atoms with van der Waals surface area (Å²) >= 11 is 0. The molecule has 1 rings (SSSR count). The van der Waals surface area contributed by atoms with Crippen molar-refractivity contribution in [2.24, 2.45) is 0 Å². The van der Waals surface area contributed by atoms with Crippen LogP contribution in [0.2, 0.25) is 0 Å². The molecule has 0 unspecified atom stereocenters. The van der Waals surface area contributed by atoms with Crippen molar-refractivity contribution in [2.75, 3.05) is 13.2 Å². The number of hydrogen-bond donors (Lipinski definition) is 2. The number of aliphatic hydroxyl groups is 1. The molecule has 2 amide bonds. The Labute approximate surface area is 78.9 Å². The highest BCUT2D eigenvalue weighted by molar-refractivity contribution is 5.75. The first-order valence-corrected chi connectivity index (χ1v) is 4.83. The van der Waals surface area contributed by atoms with Crippen molar-refractivity contribution in [1.29, 1.82) is 0 Å². The number of hydrogen-bond acceptors (Lipinski definition) is 2. The molecule has 4 heteroatoms. The fourth-order valence-corrected chi connectivity index (χ4v) is 1.19. The van der Waals surface area contributed by atoms with Crippen molar-refractivity contribution in [1.82, 2.24) is 10.2 Å². The standard InChI is InChI=1S/C9H18N2O2/c1-7(2)11(5-6-12)9(13)10-8-3-4-8/h7-8,12H,3-6H2,1-2H3,(H,10,13). The van der Waals surface area contributed by atoms with Crippen LogP contribution in [-0.4, -0.2) is 41.3 Å². The zero-order valence-electron chi connectivity index (χ0n) is 8.29. The average Bonchev–Trinajstić information content (AvgIpc) is 2.83. The fourth-order valence-electron chi connectivity index (χ4n) is 1.19. The number of nitrogens with one attached hydrogen (secondary N) is 1. The van der Waals surface area contributed by atoms with Crippen molar-refractivity contribution >= 4 is 6.03 Å². The van der Waals surface area contributed by atoms with Crippen LogP contribution in [0.3, 0.4) is 0 Å². The summed E-state index contributed by atoms with van der Waals surface area (Å²) in [4.78, 5) is 13.2. The molecule has 1 saturated carbocycles. The van der Waals surface area contributed by atoms with Gasteiger partial charge in [0, 0.05) is 18.6 Å². The summed E-state index contributed by atoms with van der Waals surface area (Å²) < 4.78 is 0. The topological polar surface area (TPSA) is 52.6 Å². The molecule has 4 nitrogen and oxygen atoms in total. The molecule has 1 aliphatic carbocycles. The van der Waals surface area contributed by atoms with Gasteiger partial charge >= 0.3 is 6.03 Å². The van der Waals surface area contributed by atoms with E-state index in [1.54, 1.807) is 4.90 Å². The van der Waals surface area contributed by atoms with Crippen LogP contribution in [0.5, 0.6) is 0 Å². The van der Waals surface area contributed by atoms with Gasteiger partial charge in [-0.25, -0.2) is 4.79 Å². The summed E-state index contributed by atoms with van der Waals surface area (Å²) in [7, 11) is 0. The van der Waals surface area contributed by atoms with Gasteiger partial charge < -0.3 is 15.3 Å². The van der Waals surface area contributed by atoms with E-state index in [1.165, 1.54) is 0 Å². The molecule has 76 valence electrons. The van der Waals surface area contributed by atoms with Gasteiger partial charge in [-0.3, -0.25) is 0 Å². The van der Waals surface area contributed by atoms with Crippen molar-refractivity contribution in [3.63, 3.8) is 0 Å². The summed E-state index contributed by atoms with van der Waals surface area (Å²) in [5, 5.41) is 11.7. The maximum Gasteiger partial charge on any atom is 0.317 e. The zero-order valence-corrected chi connectivity index (χ0v) is 8.29. The number of nitrogens with zero attached hydrogens (tertiary/aromatic N) is 1. The Hall–Kier alpha value is -0.770. The van der Waals surface area contributed by atoms with E-state index in [2.05, 4.69) is 5.32 Å². The fraction of sp³-hybridized carbons (Fsp3) is 0.889. The summed E-state index contributed by atoms with van der Waals surface area (Å²) in [6.45, 7) is 4.33. The number of rotatable bonds is 4. The second kappa shape index (κ2) is 4.46. The molecule has 2 N–H and O–H groups in total. The maximum absolute atomic E-state index is 11.5. The maximum atomic E-state index is 11.5. The lowest BCUT2D eigenvalue weighted by Crippen LogP contribution is -2.46. The van der Waals surface area contributed by atoms with Crippen LogP contribution in [0.1, 0.15) is 26.7 Å². The normalized spacial score (nSPS) is 16.0. The molecule has 0 aromatic heterocycles. The van der Waals surface area contributed by atoms with Gasteiger partial charge in [-0.1, -0.05) is 0 Å². The molecule has 0 radical (unpaired) electrons. The van der Waals surface area contributed by atoms with Gasteiger partial charge in [0.2, 0.25) is 0 Å². The molecule has 1 aliphatic rings. The Balaban J connectivity index is 2.36. The molecule has 0 bridgehead atoms. The molecule has 0 aromatic rings. The minimum atomic E-state index is -0.0495. The van der Waals surface area contributed by atoms with Crippen LogP contribution in [0.25, 0.3) is 0 Å². The zero-order chi connectivity index (χ0) is 9.84. The first-order valence-electron chi connectivity index (χ1n) is 4.83.